The van der Waals surface area contributed by atoms with E-state index >= 15 is 0 Å². The second-order valence-electron chi connectivity index (χ2n) is 2.66. The number of hydrogen-bond donors (Lipinski definition) is 1. The quantitative estimate of drug-likeness (QED) is 0.737. The molecule has 0 aliphatic heterocycles. The smallest absolute Gasteiger partial charge is 0.0625 e. The van der Waals surface area contributed by atoms with Crippen LogP contribution in [-0.4, -0.2) is 4.98 Å². The molecule has 0 fully saturated rings. The highest BCUT2D eigenvalue weighted by Gasteiger charge is 1.98. The third kappa shape index (κ3) is 1.37. The number of halogens is 2. The number of hydrogen-bond acceptors (Lipinski definition) is 0. The van der Waals surface area contributed by atoms with Crippen LogP contribution in [0.4, 0.5) is 0 Å². The van der Waals surface area contributed by atoms with Crippen LogP contribution in [0.25, 0.3) is 10.9 Å². The van der Waals surface area contributed by atoms with E-state index in [-0.39, 0.29) is 0 Å². The Morgan fingerprint density at radius 3 is 2.92 bits per heavy atom. The van der Waals surface area contributed by atoms with Crippen LogP contribution in [0.15, 0.2) is 28.7 Å². The van der Waals surface area contributed by atoms with Crippen LogP contribution in [0.1, 0.15) is 5.69 Å². The van der Waals surface area contributed by atoms with Gasteiger partial charge in [0.15, 0.2) is 0 Å². The number of aromatic amines is 1. The number of rotatable bonds is 1. The third-order valence-electron chi connectivity index (χ3n) is 1.78. The van der Waals surface area contributed by atoms with Crippen molar-refractivity contribution in [1.29, 1.82) is 0 Å². The standard InChI is InChI=1S/C9H7BrClN/c10-7-2-1-6-3-8(5-11)12-9(6)4-7/h1-4,12H,5H2. The summed E-state index contributed by atoms with van der Waals surface area (Å²) in [7, 11) is 0. The van der Waals surface area contributed by atoms with Gasteiger partial charge >= 0.3 is 0 Å². The monoisotopic (exact) mass is 243 g/mol. The van der Waals surface area contributed by atoms with E-state index in [9.17, 15) is 0 Å². The lowest BCUT2D eigenvalue weighted by Crippen LogP contribution is -1.72. The van der Waals surface area contributed by atoms with Gasteiger partial charge in [-0.1, -0.05) is 22.0 Å². The van der Waals surface area contributed by atoms with Crippen molar-refractivity contribution in [2.75, 3.05) is 0 Å². The molecule has 0 aliphatic rings. The molecule has 0 amide bonds. The van der Waals surface area contributed by atoms with Crippen molar-refractivity contribution >= 4 is 38.4 Å². The summed E-state index contributed by atoms with van der Waals surface area (Å²) in [6.45, 7) is 0. The number of aromatic nitrogens is 1. The molecule has 0 unspecified atom stereocenters. The zero-order chi connectivity index (χ0) is 8.55. The average Bonchev–Trinajstić information content (AvgIpc) is 2.46. The molecule has 0 spiro atoms. The van der Waals surface area contributed by atoms with Gasteiger partial charge in [-0.05, 0) is 23.6 Å². The topological polar surface area (TPSA) is 15.8 Å². The Hall–Kier alpha value is -0.470. The summed E-state index contributed by atoms with van der Waals surface area (Å²) in [5.74, 6) is 0.534. The minimum atomic E-state index is 0.534. The SMILES string of the molecule is ClCc1cc2ccc(Br)cc2[nH]1. The largest absolute Gasteiger partial charge is 0.357 e. The highest BCUT2D eigenvalue weighted by atomic mass is 79.9. The maximum absolute atomic E-state index is 5.70. The highest BCUT2D eigenvalue weighted by molar-refractivity contribution is 9.10. The van der Waals surface area contributed by atoms with Crippen LogP contribution < -0.4 is 0 Å². The molecule has 2 rings (SSSR count). The van der Waals surface area contributed by atoms with E-state index in [1.54, 1.807) is 0 Å². The van der Waals surface area contributed by atoms with E-state index < -0.39 is 0 Å². The summed E-state index contributed by atoms with van der Waals surface area (Å²) in [6, 6.07) is 8.19. The van der Waals surface area contributed by atoms with Crippen LogP contribution in [0.5, 0.6) is 0 Å². The number of alkyl halides is 1. The van der Waals surface area contributed by atoms with Gasteiger partial charge in [0.25, 0.3) is 0 Å². The maximum Gasteiger partial charge on any atom is 0.0625 e. The molecule has 0 saturated carbocycles. The van der Waals surface area contributed by atoms with Gasteiger partial charge in [-0.3, -0.25) is 0 Å². The van der Waals surface area contributed by atoms with E-state index in [2.05, 4.69) is 33.0 Å². The summed E-state index contributed by atoms with van der Waals surface area (Å²) in [5, 5.41) is 1.20. The van der Waals surface area contributed by atoms with Crippen LogP contribution in [-0.2, 0) is 5.88 Å². The fourth-order valence-corrected chi connectivity index (χ4v) is 1.74. The second-order valence-corrected chi connectivity index (χ2v) is 3.84. The Morgan fingerprint density at radius 1 is 1.33 bits per heavy atom. The van der Waals surface area contributed by atoms with Gasteiger partial charge in [0, 0.05) is 15.7 Å². The number of H-pyrrole nitrogens is 1. The zero-order valence-electron chi connectivity index (χ0n) is 6.27. The predicted molar refractivity (Wildman–Crippen MR) is 55.6 cm³/mol. The number of nitrogens with one attached hydrogen (secondary N) is 1. The minimum Gasteiger partial charge on any atom is -0.357 e. The van der Waals surface area contributed by atoms with Gasteiger partial charge < -0.3 is 4.98 Å². The fraction of sp³-hybridized carbons (Fsp3) is 0.111. The van der Waals surface area contributed by atoms with Crippen molar-refractivity contribution in [3.05, 3.63) is 34.4 Å². The molecule has 0 saturated heterocycles. The lowest BCUT2D eigenvalue weighted by atomic mass is 10.2. The van der Waals surface area contributed by atoms with Crippen LogP contribution >= 0.6 is 27.5 Å². The first-order valence-corrected chi connectivity index (χ1v) is 4.95. The molecule has 0 radical (unpaired) electrons. The molecular formula is C9H7BrClN. The first kappa shape index (κ1) is 8.14. The summed E-state index contributed by atoms with van der Waals surface area (Å²) in [5.41, 5.74) is 2.18. The van der Waals surface area contributed by atoms with Gasteiger partial charge in [0.05, 0.1) is 5.88 Å². The van der Waals surface area contributed by atoms with Crippen molar-refractivity contribution in [2.24, 2.45) is 0 Å². The Kier molecular flexibility index (Phi) is 2.11. The highest BCUT2D eigenvalue weighted by Crippen LogP contribution is 2.20. The summed E-state index contributed by atoms with van der Waals surface area (Å²) < 4.78 is 1.08. The van der Waals surface area contributed by atoms with Crippen LogP contribution in [0.3, 0.4) is 0 Å². The van der Waals surface area contributed by atoms with Crippen LogP contribution in [0, 0.1) is 0 Å². The van der Waals surface area contributed by atoms with E-state index in [1.165, 1.54) is 5.39 Å². The molecular weight excluding hydrogens is 237 g/mol. The maximum atomic E-state index is 5.70. The predicted octanol–water partition coefficient (Wildman–Crippen LogP) is 3.67. The molecule has 3 heteroatoms. The van der Waals surface area contributed by atoms with Crippen molar-refractivity contribution in [3.8, 4) is 0 Å². The van der Waals surface area contributed by atoms with Crippen LogP contribution in [0.2, 0.25) is 0 Å². The molecule has 1 heterocycles. The normalized spacial score (nSPS) is 10.8. The Morgan fingerprint density at radius 2 is 2.17 bits per heavy atom. The summed E-state index contributed by atoms with van der Waals surface area (Å²) in [6.07, 6.45) is 0. The van der Waals surface area contributed by atoms with Gasteiger partial charge in [-0.15, -0.1) is 11.6 Å². The van der Waals surface area contributed by atoms with E-state index in [0.717, 1.165) is 15.7 Å². The zero-order valence-corrected chi connectivity index (χ0v) is 8.61. The Bertz CT molecular complexity index is 408. The van der Waals surface area contributed by atoms with Crippen molar-refractivity contribution in [3.63, 3.8) is 0 Å². The van der Waals surface area contributed by atoms with Crippen molar-refractivity contribution in [1.82, 2.24) is 4.98 Å². The number of fused-ring (bicyclic) bond motifs is 1. The van der Waals surface area contributed by atoms with Gasteiger partial charge in [-0.2, -0.15) is 0 Å². The first-order valence-electron chi connectivity index (χ1n) is 3.63. The molecule has 12 heavy (non-hydrogen) atoms. The molecule has 0 atom stereocenters. The molecule has 62 valence electrons. The van der Waals surface area contributed by atoms with Gasteiger partial charge in [-0.25, -0.2) is 0 Å². The minimum absolute atomic E-state index is 0.534. The molecule has 1 aromatic heterocycles. The molecule has 2 aromatic rings. The Balaban J connectivity index is 2.67. The number of benzene rings is 1. The lowest BCUT2D eigenvalue weighted by Gasteiger charge is -1.89. The lowest BCUT2D eigenvalue weighted by molar-refractivity contribution is 1.26. The summed E-state index contributed by atoms with van der Waals surface area (Å²) in [4.78, 5) is 3.22. The van der Waals surface area contributed by atoms with E-state index in [1.807, 2.05) is 12.1 Å². The average molecular weight is 245 g/mol. The third-order valence-corrected chi connectivity index (χ3v) is 2.57. The molecule has 0 aliphatic carbocycles. The first-order chi connectivity index (χ1) is 5.79. The molecule has 0 bridgehead atoms. The second kappa shape index (κ2) is 3.11. The van der Waals surface area contributed by atoms with Gasteiger partial charge in [0.2, 0.25) is 0 Å². The summed E-state index contributed by atoms with van der Waals surface area (Å²) >= 11 is 9.11. The van der Waals surface area contributed by atoms with E-state index in [4.69, 9.17) is 11.6 Å². The van der Waals surface area contributed by atoms with E-state index in [0.29, 0.717) is 5.88 Å². The van der Waals surface area contributed by atoms with Crippen molar-refractivity contribution in [2.45, 2.75) is 5.88 Å². The Labute approximate surface area is 83.9 Å². The fourth-order valence-electron chi connectivity index (χ4n) is 1.23. The molecule has 1 nitrogen and oxygen atoms in total. The molecule has 1 aromatic carbocycles. The molecule has 1 N–H and O–H groups in total. The van der Waals surface area contributed by atoms with Gasteiger partial charge in [0.1, 0.15) is 0 Å². The van der Waals surface area contributed by atoms with Crippen molar-refractivity contribution < 1.29 is 0 Å².